The molecule has 1 aliphatic rings. The van der Waals surface area contributed by atoms with Crippen molar-refractivity contribution in [2.75, 3.05) is 38.7 Å². The first-order valence-electron chi connectivity index (χ1n) is 6.49. The van der Waals surface area contributed by atoms with Crippen LogP contribution in [0.1, 0.15) is 5.56 Å². The molecule has 1 heterocycles. The highest BCUT2D eigenvalue weighted by molar-refractivity contribution is 8.33. The second-order valence-corrected chi connectivity index (χ2v) is 8.76. The van der Waals surface area contributed by atoms with Gasteiger partial charge in [0.25, 0.3) is 0 Å². The molecule has 1 aromatic carbocycles. The minimum Gasteiger partial charge on any atom is -0.296 e. The Kier molecular flexibility index (Phi) is 4.49. The maximum atomic E-state index is 3.98. The molecule has 0 unspecified atom stereocenters. The molecule has 2 rings (SSSR count). The quantitative estimate of drug-likeness (QED) is 0.825. The summed E-state index contributed by atoms with van der Waals surface area (Å²) in [6.45, 7) is 9.73. The van der Waals surface area contributed by atoms with Crippen LogP contribution in [0.25, 0.3) is 0 Å². The zero-order valence-electron chi connectivity index (χ0n) is 11.5. The van der Waals surface area contributed by atoms with Gasteiger partial charge in [-0.3, -0.25) is 9.21 Å². The molecular weight excluding hydrogens is 240 g/mol. The molecule has 0 atom stereocenters. The van der Waals surface area contributed by atoms with Crippen LogP contribution in [0, 0.1) is 0 Å². The van der Waals surface area contributed by atoms with Gasteiger partial charge in [-0.25, -0.2) is 0 Å². The first kappa shape index (κ1) is 13.7. The fourth-order valence-electron chi connectivity index (χ4n) is 2.31. The smallest absolute Gasteiger partial charge is 0.0234 e. The largest absolute Gasteiger partial charge is 0.296 e. The lowest BCUT2D eigenvalue weighted by Gasteiger charge is -2.45. The van der Waals surface area contributed by atoms with E-state index in [1.165, 1.54) is 31.7 Å². The minimum atomic E-state index is -0.747. The van der Waals surface area contributed by atoms with Crippen LogP contribution in [0.5, 0.6) is 0 Å². The van der Waals surface area contributed by atoms with Crippen LogP contribution >= 0.6 is 10.2 Å². The minimum absolute atomic E-state index is 0.747. The van der Waals surface area contributed by atoms with Crippen molar-refractivity contribution in [2.45, 2.75) is 6.54 Å². The first-order chi connectivity index (χ1) is 8.62. The predicted octanol–water partition coefficient (Wildman–Crippen LogP) is 2.93. The van der Waals surface area contributed by atoms with E-state index in [4.69, 9.17) is 0 Å². The third kappa shape index (κ3) is 3.37. The summed E-state index contributed by atoms with van der Waals surface area (Å²) >= 11 is 0. The Bertz CT molecular complexity index is 381. The van der Waals surface area contributed by atoms with Gasteiger partial charge in [0.15, 0.2) is 0 Å². The second kappa shape index (κ2) is 5.91. The summed E-state index contributed by atoms with van der Waals surface area (Å²) in [5.74, 6) is 0. The predicted molar refractivity (Wildman–Crippen MR) is 82.9 cm³/mol. The number of nitrogens with zero attached hydrogens (tertiary/aromatic N) is 2. The molecule has 3 heteroatoms. The fourth-order valence-corrected chi connectivity index (χ4v) is 3.62. The third-order valence-electron chi connectivity index (χ3n) is 3.65. The number of hydrogen-bond donors (Lipinski definition) is 0. The van der Waals surface area contributed by atoms with E-state index in [0.717, 1.165) is 6.54 Å². The summed E-state index contributed by atoms with van der Waals surface area (Å²) in [7, 11) is -0.747. The first-order valence-corrected chi connectivity index (χ1v) is 8.96. The van der Waals surface area contributed by atoms with Gasteiger partial charge in [-0.05, 0) is 23.5 Å². The van der Waals surface area contributed by atoms with Crippen LogP contribution in [0.15, 0.2) is 42.3 Å². The maximum absolute atomic E-state index is 3.98. The molecule has 0 aromatic heterocycles. The van der Waals surface area contributed by atoms with E-state index in [1.54, 1.807) is 0 Å². The van der Waals surface area contributed by atoms with Crippen LogP contribution in [0.4, 0.5) is 0 Å². The topological polar surface area (TPSA) is 6.48 Å². The van der Waals surface area contributed by atoms with Crippen molar-refractivity contribution in [2.24, 2.45) is 0 Å². The Morgan fingerprint density at radius 1 is 1.11 bits per heavy atom. The van der Waals surface area contributed by atoms with Crippen molar-refractivity contribution >= 4 is 10.2 Å². The van der Waals surface area contributed by atoms with Crippen LogP contribution in [0.3, 0.4) is 0 Å². The second-order valence-electron chi connectivity index (χ2n) is 5.21. The van der Waals surface area contributed by atoms with Crippen LogP contribution < -0.4 is 0 Å². The molecule has 1 fully saturated rings. The Morgan fingerprint density at radius 3 is 2.28 bits per heavy atom. The summed E-state index contributed by atoms with van der Waals surface area (Å²) < 4.78 is 2.60. The molecule has 0 spiro atoms. The summed E-state index contributed by atoms with van der Waals surface area (Å²) in [5, 5.41) is 2.14. The molecule has 0 aliphatic carbocycles. The van der Waals surface area contributed by atoms with Gasteiger partial charge >= 0.3 is 0 Å². The number of benzene rings is 1. The van der Waals surface area contributed by atoms with E-state index in [9.17, 15) is 0 Å². The fraction of sp³-hybridized carbons (Fsp3) is 0.467. The average Bonchev–Trinajstić information content (AvgIpc) is 2.40. The molecule has 0 N–H and O–H groups in total. The van der Waals surface area contributed by atoms with Gasteiger partial charge in [0.1, 0.15) is 0 Å². The molecular formula is C15H24N2S. The summed E-state index contributed by atoms with van der Waals surface area (Å²) in [6.07, 6.45) is 4.65. The van der Waals surface area contributed by atoms with Gasteiger partial charge in [-0.15, -0.1) is 0 Å². The lowest BCUT2D eigenvalue weighted by molar-refractivity contribution is 0.187. The maximum Gasteiger partial charge on any atom is 0.0234 e. The van der Waals surface area contributed by atoms with Gasteiger partial charge in [-0.1, -0.05) is 36.9 Å². The highest BCUT2D eigenvalue weighted by Crippen LogP contribution is 2.45. The normalized spacial score (nSPS) is 19.7. The highest BCUT2D eigenvalue weighted by Gasteiger charge is 2.23. The van der Waals surface area contributed by atoms with Crippen molar-refractivity contribution in [3.8, 4) is 0 Å². The van der Waals surface area contributed by atoms with Crippen molar-refractivity contribution in [3.05, 3.63) is 47.9 Å². The van der Waals surface area contributed by atoms with Crippen molar-refractivity contribution in [1.82, 2.24) is 9.21 Å². The van der Waals surface area contributed by atoms with Crippen molar-refractivity contribution in [1.29, 1.82) is 0 Å². The summed E-state index contributed by atoms with van der Waals surface area (Å²) in [4.78, 5) is 2.55. The molecule has 2 nitrogen and oxygen atoms in total. The van der Waals surface area contributed by atoms with E-state index >= 15 is 0 Å². The Labute approximate surface area is 113 Å². The SMILES string of the molecule is C=CS(C)(C)N1CCN(Cc2ccccc2)CC1. The lowest BCUT2D eigenvalue weighted by atomic mass is 10.2. The number of piperazine rings is 1. The molecule has 0 amide bonds. The molecule has 18 heavy (non-hydrogen) atoms. The summed E-state index contributed by atoms with van der Waals surface area (Å²) in [6, 6.07) is 10.8. The average molecular weight is 264 g/mol. The van der Waals surface area contributed by atoms with E-state index in [-0.39, 0.29) is 0 Å². The number of rotatable bonds is 4. The molecule has 1 aliphatic heterocycles. The van der Waals surface area contributed by atoms with E-state index < -0.39 is 10.2 Å². The highest BCUT2D eigenvalue weighted by atomic mass is 32.3. The van der Waals surface area contributed by atoms with Gasteiger partial charge in [0.05, 0.1) is 0 Å². The molecule has 0 bridgehead atoms. The van der Waals surface area contributed by atoms with Crippen LogP contribution in [0.2, 0.25) is 0 Å². The molecule has 0 saturated carbocycles. The van der Waals surface area contributed by atoms with Gasteiger partial charge in [0.2, 0.25) is 0 Å². The van der Waals surface area contributed by atoms with Crippen molar-refractivity contribution < 1.29 is 0 Å². The van der Waals surface area contributed by atoms with Crippen LogP contribution in [-0.2, 0) is 6.54 Å². The zero-order valence-corrected chi connectivity index (χ0v) is 12.3. The third-order valence-corrected chi connectivity index (χ3v) is 6.17. The molecule has 1 saturated heterocycles. The van der Waals surface area contributed by atoms with E-state index in [2.05, 4.69) is 64.0 Å². The lowest BCUT2D eigenvalue weighted by Crippen LogP contribution is -2.45. The molecule has 1 aromatic rings. The Balaban J connectivity index is 1.86. The van der Waals surface area contributed by atoms with E-state index in [1.807, 2.05) is 0 Å². The molecule has 100 valence electrons. The summed E-state index contributed by atoms with van der Waals surface area (Å²) in [5.41, 5.74) is 1.42. The van der Waals surface area contributed by atoms with Gasteiger partial charge in [0, 0.05) is 32.7 Å². The van der Waals surface area contributed by atoms with Gasteiger partial charge in [-0.2, -0.15) is 10.2 Å². The molecule has 0 radical (unpaired) electrons. The monoisotopic (exact) mass is 264 g/mol. The van der Waals surface area contributed by atoms with Crippen molar-refractivity contribution in [3.63, 3.8) is 0 Å². The van der Waals surface area contributed by atoms with Crippen LogP contribution in [-0.4, -0.2) is 47.9 Å². The van der Waals surface area contributed by atoms with E-state index in [0.29, 0.717) is 0 Å². The van der Waals surface area contributed by atoms with Gasteiger partial charge < -0.3 is 0 Å². The zero-order chi connectivity index (χ0) is 13.0. The number of hydrogen-bond acceptors (Lipinski definition) is 2. The Morgan fingerprint density at radius 2 is 1.72 bits per heavy atom. The standard InChI is InChI=1S/C15H24N2S/c1-4-18(2,3)17-12-10-16(11-13-17)14-15-8-6-5-7-9-15/h4-9H,1,10-14H2,2-3H3. The Hall–Kier alpha value is -0.770.